The molecule has 1 saturated carbocycles. The molecule has 0 bridgehead atoms. The Balaban J connectivity index is 1.60. The van der Waals surface area contributed by atoms with Crippen LogP contribution in [0.2, 0.25) is 0 Å². The van der Waals surface area contributed by atoms with Crippen LogP contribution in [0.15, 0.2) is 24.3 Å². The topological polar surface area (TPSA) is 58.6 Å². The number of aryl methyl sites for hydroxylation is 1. The molecule has 2 unspecified atom stereocenters. The van der Waals surface area contributed by atoms with E-state index in [1.54, 1.807) is 0 Å². The van der Waals surface area contributed by atoms with Gasteiger partial charge in [-0.15, -0.1) is 0 Å². The highest BCUT2D eigenvalue weighted by atomic mass is 16.5. The van der Waals surface area contributed by atoms with E-state index < -0.39 is 0 Å². The Kier molecular flexibility index (Phi) is 5.41. The molecular formula is C16H23NO3. The second-order valence-corrected chi connectivity index (χ2v) is 5.44. The number of hydrogen-bond donors (Lipinski definition) is 2. The van der Waals surface area contributed by atoms with E-state index in [1.165, 1.54) is 5.56 Å². The van der Waals surface area contributed by atoms with Gasteiger partial charge in [0.1, 0.15) is 5.75 Å². The molecule has 1 aromatic rings. The minimum absolute atomic E-state index is 0.00320. The molecule has 20 heavy (non-hydrogen) atoms. The molecule has 0 aromatic heterocycles. The number of rotatable bonds is 6. The Hall–Kier alpha value is -1.55. The maximum absolute atomic E-state index is 11.7. The van der Waals surface area contributed by atoms with Gasteiger partial charge in [-0.1, -0.05) is 17.7 Å². The van der Waals surface area contributed by atoms with Gasteiger partial charge in [0.2, 0.25) is 5.91 Å². The summed E-state index contributed by atoms with van der Waals surface area (Å²) in [4.78, 5) is 11.7. The van der Waals surface area contributed by atoms with E-state index in [0.29, 0.717) is 19.4 Å². The van der Waals surface area contributed by atoms with Crippen molar-refractivity contribution in [1.29, 1.82) is 0 Å². The van der Waals surface area contributed by atoms with E-state index >= 15 is 0 Å². The van der Waals surface area contributed by atoms with E-state index in [1.807, 2.05) is 31.2 Å². The highest BCUT2D eigenvalue weighted by Crippen LogP contribution is 2.18. The summed E-state index contributed by atoms with van der Waals surface area (Å²) < 4.78 is 5.57. The summed E-state index contributed by atoms with van der Waals surface area (Å²) in [6.07, 6.45) is 3.41. The monoisotopic (exact) mass is 277 g/mol. The summed E-state index contributed by atoms with van der Waals surface area (Å²) in [7, 11) is 0. The summed E-state index contributed by atoms with van der Waals surface area (Å²) in [5.41, 5.74) is 1.20. The normalized spacial score (nSPS) is 21.7. The van der Waals surface area contributed by atoms with Crippen molar-refractivity contribution in [2.45, 2.75) is 51.2 Å². The lowest BCUT2D eigenvalue weighted by molar-refractivity contribution is -0.122. The molecule has 4 nitrogen and oxygen atoms in total. The average Bonchev–Trinajstić information content (AvgIpc) is 2.82. The van der Waals surface area contributed by atoms with E-state index in [2.05, 4.69) is 5.32 Å². The molecule has 1 fully saturated rings. The largest absolute Gasteiger partial charge is 0.494 e. The first-order chi connectivity index (χ1) is 9.65. The quantitative estimate of drug-likeness (QED) is 0.784. The molecular weight excluding hydrogens is 254 g/mol. The zero-order valence-corrected chi connectivity index (χ0v) is 12.0. The lowest BCUT2D eigenvalue weighted by Gasteiger charge is -2.16. The first-order valence-corrected chi connectivity index (χ1v) is 7.32. The number of ether oxygens (including phenoxy) is 1. The Bertz CT molecular complexity index is 430. The number of aliphatic hydroxyl groups excluding tert-OH is 1. The zero-order valence-electron chi connectivity index (χ0n) is 12.0. The predicted octanol–water partition coefficient (Wildman–Crippen LogP) is 2.18. The highest BCUT2D eigenvalue weighted by Gasteiger charge is 2.26. The van der Waals surface area contributed by atoms with E-state index in [-0.39, 0.29) is 18.1 Å². The predicted molar refractivity (Wildman–Crippen MR) is 77.7 cm³/mol. The van der Waals surface area contributed by atoms with Crippen LogP contribution in [0.4, 0.5) is 0 Å². The van der Waals surface area contributed by atoms with Crippen LogP contribution in [-0.2, 0) is 4.79 Å². The Morgan fingerprint density at radius 1 is 1.35 bits per heavy atom. The maximum Gasteiger partial charge on any atom is 0.220 e. The van der Waals surface area contributed by atoms with E-state index in [4.69, 9.17) is 4.74 Å². The molecule has 1 aliphatic rings. The van der Waals surface area contributed by atoms with Crippen LogP contribution in [0.1, 0.15) is 37.7 Å². The lowest BCUT2D eigenvalue weighted by Crippen LogP contribution is -2.39. The molecule has 2 atom stereocenters. The van der Waals surface area contributed by atoms with Crippen LogP contribution in [0.3, 0.4) is 0 Å². The van der Waals surface area contributed by atoms with E-state index in [9.17, 15) is 9.90 Å². The van der Waals surface area contributed by atoms with Gasteiger partial charge in [0, 0.05) is 6.42 Å². The van der Waals surface area contributed by atoms with E-state index in [0.717, 1.165) is 25.0 Å². The Morgan fingerprint density at radius 2 is 2.10 bits per heavy atom. The van der Waals surface area contributed by atoms with Crippen LogP contribution in [0, 0.1) is 6.92 Å². The van der Waals surface area contributed by atoms with Crippen molar-refractivity contribution in [3.8, 4) is 5.75 Å². The minimum Gasteiger partial charge on any atom is -0.494 e. The molecule has 0 spiro atoms. The SMILES string of the molecule is Cc1ccc(OCCCC(=O)NC2CCCC2O)cc1. The summed E-state index contributed by atoms with van der Waals surface area (Å²) in [6, 6.07) is 7.82. The fraction of sp³-hybridized carbons (Fsp3) is 0.562. The van der Waals surface area contributed by atoms with Gasteiger partial charge in [0.25, 0.3) is 0 Å². The van der Waals surface area contributed by atoms with Gasteiger partial charge < -0.3 is 15.2 Å². The molecule has 2 rings (SSSR count). The molecule has 0 radical (unpaired) electrons. The summed E-state index contributed by atoms with van der Waals surface area (Å²) in [6.45, 7) is 2.56. The Labute approximate surface area is 120 Å². The van der Waals surface area contributed by atoms with Crippen molar-refractivity contribution in [2.24, 2.45) is 0 Å². The van der Waals surface area contributed by atoms with Crippen molar-refractivity contribution in [2.75, 3.05) is 6.61 Å². The molecule has 4 heteroatoms. The van der Waals surface area contributed by atoms with Crippen molar-refractivity contribution in [3.63, 3.8) is 0 Å². The van der Waals surface area contributed by atoms with Gasteiger partial charge in [0.05, 0.1) is 18.8 Å². The van der Waals surface area contributed by atoms with Crippen molar-refractivity contribution < 1.29 is 14.6 Å². The second kappa shape index (κ2) is 7.29. The molecule has 110 valence electrons. The first kappa shape index (κ1) is 14.9. The molecule has 1 aromatic carbocycles. The van der Waals surface area contributed by atoms with Crippen LogP contribution in [0.25, 0.3) is 0 Å². The van der Waals surface area contributed by atoms with Crippen LogP contribution in [-0.4, -0.2) is 29.8 Å². The lowest BCUT2D eigenvalue weighted by atomic mass is 10.2. The van der Waals surface area contributed by atoms with Crippen LogP contribution in [0.5, 0.6) is 5.75 Å². The van der Waals surface area contributed by atoms with Crippen LogP contribution >= 0.6 is 0 Å². The number of aliphatic hydroxyl groups is 1. The van der Waals surface area contributed by atoms with Gasteiger partial charge in [-0.3, -0.25) is 4.79 Å². The molecule has 1 amide bonds. The number of nitrogens with one attached hydrogen (secondary N) is 1. The second-order valence-electron chi connectivity index (χ2n) is 5.44. The van der Waals surface area contributed by atoms with Crippen molar-refractivity contribution >= 4 is 5.91 Å². The molecule has 0 heterocycles. The van der Waals surface area contributed by atoms with Gasteiger partial charge in [-0.2, -0.15) is 0 Å². The fourth-order valence-corrected chi connectivity index (χ4v) is 2.45. The smallest absolute Gasteiger partial charge is 0.220 e. The van der Waals surface area contributed by atoms with Crippen LogP contribution < -0.4 is 10.1 Å². The molecule has 0 saturated heterocycles. The minimum atomic E-state index is -0.372. The number of benzene rings is 1. The number of carbonyl (C=O) groups is 1. The van der Waals surface area contributed by atoms with Gasteiger partial charge in [-0.05, 0) is 44.7 Å². The maximum atomic E-state index is 11.7. The Morgan fingerprint density at radius 3 is 2.75 bits per heavy atom. The molecule has 0 aliphatic heterocycles. The highest BCUT2D eigenvalue weighted by molar-refractivity contribution is 5.76. The number of amides is 1. The molecule has 2 N–H and O–H groups in total. The molecule has 1 aliphatic carbocycles. The third kappa shape index (κ3) is 4.53. The first-order valence-electron chi connectivity index (χ1n) is 7.32. The third-order valence-electron chi connectivity index (χ3n) is 3.66. The number of hydrogen-bond acceptors (Lipinski definition) is 3. The summed E-state index contributed by atoms with van der Waals surface area (Å²) in [5, 5.41) is 12.5. The number of carbonyl (C=O) groups excluding carboxylic acids is 1. The van der Waals surface area contributed by atoms with Gasteiger partial charge in [-0.25, -0.2) is 0 Å². The van der Waals surface area contributed by atoms with Gasteiger partial charge >= 0.3 is 0 Å². The zero-order chi connectivity index (χ0) is 14.4. The standard InChI is InChI=1S/C16H23NO3/c1-12-7-9-13(10-8-12)20-11-3-6-16(19)17-14-4-2-5-15(14)18/h7-10,14-15,18H,2-6,11H2,1H3,(H,17,19). The third-order valence-corrected chi connectivity index (χ3v) is 3.66. The average molecular weight is 277 g/mol. The van der Waals surface area contributed by atoms with Crippen molar-refractivity contribution in [3.05, 3.63) is 29.8 Å². The summed E-state index contributed by atoms with van der Waals surface area (Å²) >= 11 is 0. The summed E-state index contributed by atoms with van der Waals surface area (Å²) in [5.74, 6) is 0.839. The van der Waals surface area contributed by atoms with Crippen molar-refractivity contribution in [1.82, 2.24) is 5.32 Å². The van der Waals surface area contributed by atoms with Gasteiger partial charge in [0.15, 0.2) is 0 Å². The fourth-order valence-electron chi connectivity index (χ4n) is 2.45.